The highest BCUT2D eigenvalue weighted by Gasteiger charge is 2.41. The van der Waals surface area contributed by atoms with Gasteiger partial charge < -0.3 is 8.23 Å². The highest BCUT2D eigenvalue weighted by atomic mass is 35.7. The van der Waals surface area contributed by atoms with Crippen LogP contribution in [0.2, 0.25) is 26.2 Å². The Hall–Kier alpha value is 1.73. The third-order valence-corrected chi connectivity index (χ3v) is 10.4. The number of hydrogen-bond donors (Lipinski definition) is 0. The van der Waals surface area contributed by atoms with Crippen molar-refractivity contribution in [3.8, 4) is 0 Å². The molecule has 0 aromatic rings. The van der Waals surface area contributed by atoms with Crippen LogP contribution in [-0.4, -0.2) is 22.4 Å². The number of hydrogen-bond acceptors (Lipinski definition) is 2. The van der Waals surface area contributed by atoms with Gasteiger partial charge in [-0.2, -0.15) is 0 Å². The normalized spacial score (nSPS) is 14.8. The van der Waals surface area contributed by atoms with Gasteiger partial charge in [0, 0.05) is 0 Å². The number of rotatable bonds is 4. The van der Waals surface area contributed by atoms with Crippen LogP contribution in [-0.2, 0) is 8.23 Å². The third kappa shape index (κ3) is 10.0. The zero-order valence-corrected chi connectivity index (χ0v) is 13.9. The fourth-order valence-electron chi connectivity index (χ4n) is 0.884. The minimum absolute atomic E-state index is 1.66. The van der Waals surface area contributed by atoms with E-state index in [1.807, 2.05) is 13.1 Å². The Balaban J connectivity index is 4.25. The lowest BCUT2D eigenvalue weighted by Crippen LogP contribution is -2.47. The summed E-state index contributed by atoms with van der Waals surface area (Å²) in [6, 6.07) is 0. The van der Waals surface area contributed by atoms with Gasteiger partial charge in [0.05, 0.1) is 0 Å². The van der Waals surface area contributed by atoms with Crippen LogP contribution >= 0.6 is 44.3 Å². The van der Waals surface area contributed by atoms with Crippen molar-refractivity contribution in [3.63, 3.8) is 0 Å². The van der Waals surface area contributed by atoms with Crippen LogP contribution in [0.15, 0.2) is 0 Å². The van der Waals surface area contributed by atoms with Crippen molar-refractivity contribution in [1.82, 2.24) is 0 Å². The molecule has 0 aromatic heterocycles. The molecular formula is C4H12Cl4O2Si3. The second-order valence-corrected chi connectivity index (χ2v) is 20.7. The molecule has 0 saturated heterocycles. The SMILES string of the molecule is C[Si](Cl)(Cl)O[Si](C)(C)O[Si](C)(Cl)Cl. The Bertz CT molecular complexity index is 157. The molecule has 2 nitrogen and oxygen atoms in total. The van der Waals surface area contributed by atoms with Gasteiger partial charge in [0.15, 0.2) is 0 Å². The first kappa shape index (κ1) is 14.7. The molecule has 0 atom stereocenters. The Morgan fingerprint density at radius 3 is 1.08 bits per heavy atom. The first-order valence-electron chi connectivity index (χ1n) is 3.57. The molecule has 0 bridgehead atoms. The lowest BCUT2D eigenvalue weighted by atomic mass is 11.9. The first-order chi connectivity index (χ1) is 5.41. The molecule has 0 N–H and O–H groups in total. The largest absolute Gasteiger partial charge is 0.413 e. The van der Waals surface area contributed by atoms with Crippen LogP contribution in [0.4, 0.5) is 0 Å². The average molecular weight is 318 g/mol. The quantitative estimate of drug-likeness (QED) is 0.580. The molecule has 0 aliphatic rings. The monoisotopic (exact) mass is 316 g/mol. The van der Waals surface area contributed by atoms with Gasteiger partial charge in [0.2, 0.25) is 0 Å². The fourth-order valence-corrected chi connectivity index (χ4v) is 15.0. The molecule has 0 unspecified atom stereocenters. The molecule has 13 heavy (non-hydrogen) atoms. The van der Waals surface area contributed by atoms with Crippen molar-refractivity contribution in [2.75, 3.05) is 0 Å². The minimum atomic E-state index is -2.61. The topological polar surface area (TPSA) is 18.5 Å². The second kappa shape index (κ2) is 4.71. The van der Waals surface area contributed by atoms with E-state index in [-0.39, 0.29) is 0 Å². The van der Waals surface area contributed by atoms with Crippen LogP contribution in [0.3, 0.4) is 0 Å². The van der Waals surface area contributed by atoms with Gasteiger partial charge in [0.1, 0.15) is 0 Å². The predicted octanol–water partition coefficient (Wildman–Crippen LogP) is 3.81. The molecule has 0 fully saturated rings. The summed E-state index contributed by atoms with van der Waals surface area (Å²) in [5.41, 5.74) is 0. The zero-order valence-electron chi connectivity index (χ0n) is 7.83. The summed E-state index contributed by atoms with van der Waals surface area (Å²) in [5, 5.41) is 0. The smallest absolute Gasteiger partial charge is 0.377 e. The maximum atomic E-state index is 5.81. The van der Waals surface area contributed by atoms with Crippen LogP contribution < -0.4 is 0 Å². The lowest BCUT2D eigenvalue weighted by Gasteiger charge is -2.31. The van der Waals surface area contributed by atoms with Gasteiger partial charge in [-0.3, -0.25) is 0 Å². The van der Waals surface area contributed by atoms with E-state index in [9.17, 15) is 0 Å². The Labute approximate surface area is 101 Å². The molecule has 9 heteroatoms. The van der Waals surface area contributed by atoms with E-state index in [4.69, 9.17) is 52.5 Å². The fraction of sp³-hybridized carbons (Fsp3) is 1.00. The predicted molar refractivity (Wildman–Crippen MR) is 66.3 cm³/mol. The van der Waals surface area contributed by atoms with E-state index in [0.29, 0.717) is 0 Å². The molecule has 0 rings (SSSR count). The van der Waals surface area contributed by atoms with Crippen LogP contribution in [0.25, 0.3) is 0 Å². The Kier molecular flexibility index (Phi) is 5.34. The van der Waals surface area contributed by atoms with E-state index in [1.165, 1.54) is 0 Å². The van der Waals surface area contributed by atoms with E-state index in [2.05, 4.69) is 0 Å². The van der Waals surface area contributed by atoms with Gasteiger partial charge in [-0.05, 0) is 26.2 Å². The van der Waals surface area contributed by atoms with E-state index in [1.54, 1.807) is 13.1 Å². The summed E-state index contributed by atoms with van der Waals surface area (Å²) < 4.78 is 10.9. The summed E-state index contributed by atoms with van der Waals surface area (Å²) in [7, 11) is -2.38. The number of halogens is 4. The summed E-state index contributed by atoms with van der Waals surface area (Å²) in [6.45, 7) is 1.75. The second-order valence-electron chi connectivity index (χ2n) is 3.22. The maximum absolute atomic E-state index is 5.81. The lowest BCUT2D eigenvalue weighted by molar-refractivity contribution is 0.418. The van der Waals surface area contributed by atoms with Gasteiger partial charge in [-0.1, -0.05) is 0 Å². The van der Waals surface area contributed by atoms with Gasteiger partial charge in [-0.15, -0.1) is 44.3 Å². The van der Waals surface area contributed by atoms with Crippen molar-refractivity contribution in [2.24, 2.45) is 0 Å². The van der Waals surface area contributed by atoms with Crippen LogP contribution in [0, 0.1) is 0 Å². The zero-order chi connectivity index (χ0) is 10.9. The molecule has 0 heterocycles. The first-order valence-corrected chi connectivity index (χ1v) is 15.3. The van der Waals surface area contributed by atoms with Crippen LogP contribution in [0.1, 0.15) is 0 Å². The van der Waals surface area contributed by atoms with E-state index in [0.717, 1.165) is 0 Å². The summed E-state index contributed by atoms with van der Waals surface area (Å²) in [6.07, 6.45) is 0. The summed E-state index contributed by atoms with van der Waals surface area (Å²) >= 11 is 23.3. The van der Waals surface area contributed by atoms with E-state index >= 15 is 0 Å². The van der Waals surface area contributed by atoms with Gasteiger partial charge in [0.25, 0.3) is 0 Å². The van der Waals surface area contributed by atoms with Crippen molar-refractivity contribution in [1.29, 1.82) is 0 Å². The van der Waals surface area contributed by atoms with Crippen molar-refractivity contribution >= 4 is 66.8 Å². The molecule has 0 spiro atoms. The van der Waals surface area contributed by atoms with Crippen molar-refractivity contribution in [3.05, 3.63) is 0 Å². The maximum Gasteiger partial charge on any atom is 0.377 e. The highest BCUT2D eigenvalue weighted by molar-refractivity contribution is 7.44. The minimum Gasteiger partial charge on any atom is -0.413 e. The summed E-state index contributed by atoms with van der Waals surface area (Å²) in [5.74, 6) is 0. The standard InChI is InChI=1S/C4H12Cl4O2Si3/c1-11(2,9-12(3,5)6)10-13(4,7)8/h1-4H3. The molecule has 0 aliphatic heterocycles. The average Bonchev–Trinajstić information content (AvgIpc) is 1.43. The highest BCUT2D eigenvalue weighted by Crippen LogP contribution is 2.27. The Morgan fingerprint density at radius 1 is 0.692 bits per heavy atom. The molecule has 0 aromatic carbocycles. The molecule has 0 aliphatic carbocycles. The molecule has 0 amide bonds. The van der Waals surface area contributed by atoms with Crippen molar-refractivity contribution in [2.45, 2.75) is 26.2 Å². The van der Waals surface area contributed by atoms with Crippen LogP contribution in [0.5, 0.6) is 0 Å². The third-order valence-electron chi connectivity index (χ3n) is 0.850. The molecule has 0 radical (unpaired) electrons. The Morgan fingerprint density at radius 2 is 0.923 bits per heavy atom. The molecule has 80 valence electrons. The molecule has 0 saturated carbocycles. The molecular weight excluding hydrogens is 306 g/mol. The summed E-state index contributed by atoms with van der Waals surface area (Å²) in [4.78, 5) is 0. The van der Waals surface area contributed by atoms with Crippen molar-refractivity contribution < 1.29 is 8.23 Å². The van der Waals surface area contributed by atoms with Gasteiger partial charge in [-0.25, -0.2) is 0 Å². The van der Waals surface area contributed by atoms with Gasteiger partial charge >= 0.3 is 22.4 Å². The van der Waals surface area contributed by atoms with E-state index < -0.39 is 22.4 Å².